The predicted octanol–water partition coefficient (Wildman–Crippen LogP) is 1.78. The van der Waals surface area contributed by atoms with E-state index in [-0.39, 0.29) is 18.6 Å². The highest BCUT2D eigenvalue weighted by Gasteiger charge is 2.35. The molecule has 0 aromatic heterocycles. The summed E-state index contributed by atoms with van der Waals surface area (Å²) in [6, 6.07) is 0.0356. The highest BCUT2D eigenvalue weighted by atomic mass is 16.4. The fourth-order valence-corrected chi connectivity index (χ4v) is 1.91. The average Bonchev–Trinajstić information content (AvgIpc) is 3.08. The molecule has 2 amide bonds. The Labute approximate surface area is 102 Å². The molecule has 0 heterocycles. The molecule has 98 valence electrons. The number of hydrogen-bond acceptors (Lipinski definition) is 2. The third kappa shape index (κ3) is 4.24. The van der Waals surface area contributed by atoms with Crippen LogP contribution >= 0.6 is 0 Å². The minimum absolute atomic E-state index is 0.112. The monoisotopic (exact) mass is 242 g/mol. The zero-order chi connectivity index (χ0) is 12.8. The van der Waals surface area contributed by atoms with E-state index in [0.29, 0.717) is 13.1 Å². The Morgan fingerprint density at radius 3 is 2.06 bits per heavy atom. The van der Waals surface area contributed by atoms with Gasteiger partial charge in [0.2, 0.25) is 0 Å². The van der Waals surface area contributed by atoms with Crippen LogP contribution in [0.1, 0.15) is 39.5 Å². The summed E-state index contributed by atoms with van der Waals surface area (Å²) in [5, 5.41) is 8.84. The third-order valence-electron chi connectivity index (χ3n) is 2.80. The molecule has 0 radical (unpaired) electrons. The Hall–Kier alpha value is -1.26. The summed E-state index contributed by atoms with van der Waals surface area (Å²) in [5.74, 6) is -0.932. The molecule has 0 aromatic rings. The lowest BCUT2D eigenvalue weighted by molar-refractivity contribution is -0.137. The molecule has 1 aliphatic carbocycles. The number of carboxylic acid groups (broad SMARTS) is 1. The second kappa shape index (κ2) is 6.47. The molecule has 0 unspecified atom stereocenters. The summed E-state index contributed by atoms with van der Waals surface area (Å²) in [6.45, 7) is 5.28. The Morgan fingerprint density at radius 1 is 1.18 bits per heavy atom. The molecule has 1 N–H and O–H groups in total. The first-order valence-corrected chi connectivity index (χ1v) is 6.37. The van der Waals surface area contributed by atoms with Gasteiger partial charge in [-0.15, -0.1) is 0 Å². The van der Waals surface area contributed by atoms with Gasteiger partial charge in [-0.25, -0.2) is 4.79 Å². The fraction of sp³-hybridized carbons (Fsp3) is 0.833. The Bertz CT molecular complexity index is 271. The zero-order valence-corrected chi connectivity index (χ0v) is 10.7. The van der Waals surface area contributed by atoms with Crippen molar-refractivity contribution in [2.75, 3.05) is 19.6 Å². The molecule has 1 saturated carbocycles. The van der Waals surface area contributed by atoms with E-state index in [4.69, 9.17) is 5.11 Å². The lowest BCUT2D eigenvalue weighted by atomic mass is 10.3. The zero-order valence-electron chi connectivity index (χ0n) is 10.7. The number of carbonyl (C=O) groups excluding carboxylic acids is 1. The summed E-state index contributed by atoms with van der Waals surface area (Å²) in [7, 11) is 0. The van der Waals surface area contributed by atoms with E-state index in [1.807, 2.05) is 13.8 Å². The Morgan fingerprint density at radius 2 is 1.71 bits per heavy atom. The first kappa shape index (κ1) is 13.8. The van der Waals surface area contributed by atoms with E-state index >= 15 is 0 Å². The van der Waals surface area contributed by atoms with Gasteiger partial charge in [-0.05, 0) is 25.7 Å². The molecule has 1 rings (SSSR count). The van der Waals surface area contributed by atoms with Gasteiger partial charge in [0.25, 0.3) is 0 Å². The topological polar surface area (TPSA) is 60.9 Å². The van der Waals surface area contributed by atoms with Crippen LogP contribution in [0.25, 0.3) is 0 Å². The molecule has 0 atom stereocenters. The van der Waals surface area contributed by atoms with E-state index in [9.17, 15) is 9.59 Å². The number of urea groups is 1. The van der Waals surface area contributed by atoms with Crippen LogP contribution in [0.2, 0.25) is 0 Å². The number of amides is 2. The van der Waals surface area contributed by atoms with Crippen LogP contribution in [0.15, 0.2) is 0 Å². The first-order valence-electron chi connectivity index (χ1n) is 6.37. The number of rotatable bonds is 7. The molecular weight excluding hydrogens is 220 g/mol. The lowest BCUT2D eigenvalue weighted by Gasteiger charge is -2.29. The summed E-state index contributed by atoms with van der Waals surface area (Å²) < 4.78 is 0. The standard InChI is InChI=1S/C12H22N2O3/c1-3-7-13(8-4-2)12(17)14(9-11(15)16)10-5-6-10/h10H,3-9H2,1-2H3,(H,15,16). The predicted molar refractivity (Wildman–Crippen MR) is 64.9 cm³/mol. The molecule has 0 saturated heterocycles. The largest absolute Gasteiger partial charge is 0.480 e. The number of carbonyl (C=O) groups is 2. The molecule has 5 heteroatoms. The minimum Gasteiger partial charge on any atom is -0.480 e. The van der Waals surface area contributed by atoms with Crippen molar-refractivity contribution in [1.29, 1.82) is 0 Å². The first-order chi connectivity index (χ1) is 8.10. The molecule has 0 aromatic carbocycles. The van der Waals surface area contributed by atoms with Crippen LogP contribution in [0.4, 0.5) is 4.79 Å². The van der Waals surface area contributed by atoms with Crippen LogP contribution in [0.5, 0.6) is 0 Å². The van der Waals surface area contributed by atoms with Crippen molar-refractivity contribution in [2.24, 2.45) is 0 Å². The second-order valence-corrected chi connectivity index (χ2v) is 4.52. The van der Waals surface area contributed by atoms with Crippen molar-refractivity contribution in [1.82, 2.24) is 9.80 Å². The van der Waals surface area contributed by atoms with Crippen molar-refractivity contribution >= 4 is 12.0 Å². The van der Waals surface area contributed by atoms with Crippen molar-refractivity contribution in [3.63, 3.8) is 0 Å². The smallest absolute Gasteiger partial charge is 0.323 e. The summed E-state index contributed by atoms with van der Waals surface area (Å²) in [6.07, 6.45) is 3.67. The highest BCUT2D eigenvalue weighted by molar-refractivity contribution is 5.80. The van der Waals surface area contributed by atoms with E-state index < -0.39 is 5.97 Å². The van der Waals surface area contributed by atoms with Gasteiger partial charge in [-0.1, -0.05) is 13.8 Å². The van der Waals surface area contributed by atoms with Crippen LogP contribution in [-0.4, -0.2) is 52.6 Å². The van der Waals surface area contributed by atoms with Gasteiger partial charge in [0.1, 0.15) is 6.54 Å². The van der Waals surface area contributed by atoms with Crippen molar-refractivity contribution in [3.8, 4) is 0 Å². The quantitative estimate of drug-likeness (QED) is 0.740. The maximum atomic E-state index is 12.2. The van der Waals surface area contributed by atoms with E-state index in [1.165, 1.54) is 4.90 Å². The van der Waals surface area contributed by atoms with Gasteiger partial charge < -0.3 is 14.9 Å². The number of carboxylic acids is 1. The van der Waals surface area contributed by atoms with Crippen molar-refractivity contribution in [3.05, 3.63) is 0 Å². The minimum atomic E-state index is -0.932. The molecule has 1 aliphatic rings. The molecule has 5 nitrogen and oxygen atoms in total. The Balaban J connectivity index is 2.63. The highest BCUT2D eigenvalue weighted by Crippen LogP contribution is 2.27. The summed E-state index contributed by atoms with van der Waals surface area (Å²) in [5.41, 5.74) is 0. The average molecular weight is 242 g/mol. The summed E-state index contributed by atoms with van der Waals surface area (Å²) in [4.78, 5) is 26.3. The number of aliphatic carboxylic acids is 1. The van der Waals surface area contributed by atoms with Crippen molar-refractivity contribution in [2.45, 2.75) is 45.6 Å². The lowest BCUT2D eigenvalue weighted by Crippen LogP contribution is -2.47. The van der Waals surface area contributed by atoms with Crippen LogP contribution in [0.3, 0.4) is 0 Å². The molecule has 17 heavy (non-hydrogen) atoms. The van der Waals surface area contributed by atoms with Gasteiger partial charge in [0.15, 0.2) is 0 Å². The molecular formula is C12H22N2O3. The van der Waals surface area contributed by atoms with E-state index in [1.54, 1.807) is 4.90 Å². The maximum absolute atomic E-state index is 12.2. The second-order valence-electron chi connectivity index (χ2n) is 4.52. The fourth-order valence-electron chi connectivity index (χ4n) is 1.91. The Kier molecular flexibility index (Phi) is 5.25. The van der Waals surface area contributed by atoms with Gasteiger partial charge in [-0.3, -0.25) is 4.79 Å². The van der Waals surface area contributed by atoms with Crippen molar-refractivity contribution < 1.29 is 14.7 Å². The molecule has 1 fully saturated rings. The van der Waals surface area contributed by atoms with E-state index in [0.717, 1.165) is 25.7 Å². The van der Waals surface area contributed by atoms with Gasteiger partial charge in [-0.2, -0.15) is 0 Å². The van der Waals surface area contributed by atoms with Crippen LogP contribution in [-0.2, 0) is 4.79 Å². The van der Waals surface area contributed by atoms with E-state index in [2.05, 4.69) is 0 Å². The van der Waals surface area contributed by atoms with Gasteiger partial charge >= 0.3 is 12.0 Å². The van der Waals surface area contributed by atoms with Crippen LogP contribution in [0, 0.1) is 0 Å². The molecule has 0 spiro atoms. The molecule has 0 aliphatic heterocycles. The maximum Gasteiger partial charge on any atom is 0.323 e. The van der Waals surface area contributed by atoms with Crippen LogP contribution < -0.4 is 0 Å². The number of nitrogens with zero attached hydrogens (tertiary/aromatic N) is 2. The van der Waals surface area contributed by atoms with Gasteiger partial charge in [0.05, 0.1) is 0 Å². The summed E-state index contributed by atoms with van der Waals surface area (Å²) >= 11 is 0. The molecule has 0 bridgehead atoms. The normalized spacial score (nSPS) is 14.5. The SMILES string of the molecule is CCCN(CCC)C(=O)N(CC(=O)O)C1CC1. The van der Waals surface area contributed by atoms with Gasteiger partial charge in [0, 0.05) is 19.1 Å². The number of hydrogen-bond donors (Lipinski definition) is 1. The third-order valence-corrected chi connectivity index (χ3v) is 2.80.